The van der Waals surface area contributed by atoms with Gasteiger partial charge in [-0.05, 0) is 31.5 Å². The Morgan fingerprint density at radius 1 is 1.50 bits per heavy atom. The Hall–Kier alpha value is -1.14. The Bertz CT molecular complexity index is 542. The third-order valence-electron chi connectivity index (χ3n) is 2.95. The number of hydrogen-bond donors (Lipinski definition) is 1. The Kier molecular flexibility index (Phi) is 3.59. The van der Waals surface area contributed by atoms with Gasteiger partial charge in [-0.1, -0.05) is 0 Å². The zero-order valence-corrected chi connectivity index (χ0v) is 10.9. The minimum absolute atomic E-state index is 0.0166. The van der Waals surface area contributed by atoms with Crippen molar-refractivity contribution in [3.8, 4) is 5.75 Å². The highest BCUT2D eigenvalue weighted by molar-refractivity contribution is 7.91. The lowest BCUT2D eigenvalue weighted by Crippen LogP contribution is -2.19. The van der Waals surface area contributed by atoms with Crippen LogP contribution in [0.3, 0.4) is 0 Å². The molecular weight excluding hydrogens is 257 g/mol. The standard InChI is InChI=1S/C12H16FNO3S/c1-8(14)11-6-9(13)2-3-12(11)17-10-4-5-18(15,16)7-10/h2-3,6,8,10H,4-5,7,14H2,1H3/t8-,10?/m1/s1. The van der Waals surface area contributed by atoms with Crippen molar-refractivity contribution in [1.29, 1.82) is 0 Å². The Morgan fingerprint density at radius 2 is 2.22 bits per heavy atom. The second kappa shape index (κ2) is 4.85. The first-order chi connectivity index (χ1) is 8.37. The average molecular weight is 273 g/mol. The number of halogens is 1. The third-order valence-corrected chi connectivity index (χ3v) is 4.68. The van der Waals surface area contributed by atoms with Crippen LogP contribution in [-0.2, 0) is 9.84 Å². The fourth-order valence-electron chi connectivity index (χ4n) is 2.02. The van der Waals surface area contributed by atoms with E-state index in [1.54, 1.807) is 6.92 Å². The molecule has 2 rings (SSSR count). The van der Waals surface area contributed by atoms with Gasteiger partial charge < -0.3 is 10.5 Å². The van der Waals surface area contributed by atoms with Crippen LogP contribution in [0.1, 0.15) is 24.9 Å². The third kappa shape index (κ3) is 3.00. The molecule has 1 aromatic rings. The van der Waals surface area contributed by atoms with Crippen LogP contribution < -0.4 is 10.5 Å². The van der Waals surface area contributed by atoms with Gasteiger partial charge in [0, 0.05) is 11.6 Å². The van der Waals surface area contributed by atoms with Gasteiger partial charge >= 0.3 is 0 Å². The van der Waals surface area contributed by atoms with Gasteiger partial charge in [0.25, 0.3) is 0 Å². The van der Waals surface area contributed by atoms with Crippen molar-refractivity contribution in [2.45, 2.75) is 25.5 Å². The van der Waals surface area contributed by atoms with Crippen molar-refractivity contribution in [1.82, 2.24) is 0 Å². The molecule has 2 N–H and O–H groups in total. The maximum absolute atomic E-state index is 13.1. The van der Waals surface area contributed by atoms with E-state index < -0.39 is 9.84 Å². The lowest BCUT2D eigenvalue weighted by Gasteiger charge is -2.17. The minimum atomic E-state index is -2.99. The van der Waals surface area contributed by atoms with Gasteiger partial charge in [-0.15, -0.1) is 0 Å². The van der Waals surface area contributed by atoms with Gasteiger partial charge in [0.05, 0.1) is 11.5 Å². The zero-order chi connectivity index (χ0) is 13.3. The molecule has 0 spiro atoms. The maximum atomic E-state index is 13.1. The van der Waals surface area contributed by atoms with E-state index in [0.29, 0.717) is 17.7 Å². The fourth-order valence-corrected chi connectivity index (χ4v) is 3.61. The molecule has 1 aliphatic heterocycles. The van der Waals surface area contributed by atoms with Crippen LogP contribution in [0.15, 0.2) is 18.2 Å². The van der Waals surface area contributed by atoms with Gasteiger partial charge in [0.2, 0.25) is 0 Å². The van der Waals surface area contributed by atoms with Crippen molar-refractivity contribution >= 4 is 9.84 Å². The summed E-state index contributed by atoms with van der Waals surface area (Å²) in [6.45, 7) is 1.73. The van der Waals surface area contributed by atoms with E-state index >= 15 is 0 Å². The number of benzene rings is 1. The monoisotopic (exact) mass is 273 g/mol. The molecule has 1 aromatic carbocycles. The molecule has 0 aliphatic carbocycles. The summed E-state index contributed by atoms with van der Waals surface area (Å²) in [6.07, 6.45) is 0.107. The summed E-state index contributed by atoms with van der Waals surface area (Å²) in [7, 11) is -2.99. The number of ether oxygens (including phenoxy) is 1. The summed E-state index contributed by atoms with van der Waals surface area (Å²) in [5.41, 5.74) is 6.30. The van der Waals surface area contributed by atoms with E-state index in [-0.39, 0.29) is 29.5 Å². The summed E-state index contributed by atoms with van der Waals surface area (Å²) in [5, 5.41) is 0. The topological polar surface area (TPSA) is 69.4 Å². The van der Waals surface area contributed by atoms with Crippen LogP contribution in [-0.4, -0.2) is 26.0 Å². The zero-order valence-electron chi connectivity index (χ0n) is 10.1. The van der Waals surface area contributed by atoms with Crippen LogP contribution in [0.4, 0.5) is 4.39 Å². The number of hydrogen-bond acceptors (Lipinski definition) is 4. The summed E-state index contributed by atoms with van der Waals surface area (Å²) in [5.74, 6) is 0.247. The molecule has 0 amide bonds. The van der Waals surface area contributed by atoms with Crippen molar-refractivity contribution in [2.75, 3.05) is 11.5 Å². The highest BCUT2D eigenvalue weighted by Crippen LogP contribution is 2.27. The summed E-state index contributed by atoms with van der Waals surface area (Å²) in [4.78, 5) is 0. The quantitative estimate of drug-likeness (QED) is 0.904. The SMILES string of the molecule is C[C@@H](N)c1cc(F)ccc1OC1CCS(=O)(=O)C1. The first-order valence-electron chi connectivity index (χ1n) is 5.79. The predicted molar refractivity (Wildman–Crippen MR) is 66.7 cm³/mol. The largest absolute Gasteiger partial charge is 0.489 e. The molecule has 4 nitrogen and oxygen atoms in total. The van der Waals surface area contributed by atoms with E-state index in [4.69, 9.17) is 10.5 Å². The average Bonchev–Trinajstić information content (AvgIpc) is 2.60. The van der Waals surface area contributed by atoms with E-state index in [1.165, 1.54) is 18.2 Å². The van der Waals surface area contributed by atoms with Gasteiger partial charge in [0.15, 0.2) is 9.84 Å². The molecule has 2 atom stereocenters. The van der Waals surface area contributed by atoms with Gasteiger partial charge in [0.1, 0.15) is 17.7 Å². The molecule has 1 aliphatic rings. The Balaban J connectivity index is 2.19. The van der Waals surface area contributed by atoms with E-state index in [1.807, 2.05) is 0 Å². The van der Waals surface area contributed by atoms with Gasteiger partial charge in [-0.2, -0.15) is 0 Å². The predicted octanol–water partition coefficient (Wildman–Crippen LogP) is 1.41. The normalized spacial score (nSPS) is 23.8. The molecule has 0 saturated carbocycles. The summed E-state index contributed by atoms with van der Waals surface area (Å²) >= 11 is 0. The second-order valence-electron chi connectivity index (χ2n) is 4.61. The smallest absolute Gasteiger partial charge is 0.154 e. The van der Waals surface area contributed by atoms with Crippen LogP contribution in [0.5, 0.6) is 5.75 Å². The van der Waals surface area contributed by atoms with Crippen LogP contribution in [0, 0.1) is 5.82 Å². The molecule has 1 unspecified atom stereocenters. The lowest BCUT2D eigenvalue weighted by molar-refractivity contribution is 0.225. The van der Waals surface area contributed by atoms with Gasteiger partial charge in [-0.25, -0.2) is 12.8 Å². The van der Waals surface area contributed by atoms with Crippen molar-refractivity contribution in [3.05, 3.63) is 29.6 Å². The molecule has 1 heterocycles. The van der Waals surface area contributed by atoms with E-state index in [0.717, 1.165) is 0 Å². The number of rotatable bonds is 3. The minimum Gasteiger partial charge on any atom is -0.489 e. The first kappa shape index (κ1) is 13.3. The second-order valence-corrected chi connectivity index (χ2v) is 6.84. The molecule has 1 saturated heterocycles. The van der Waals surface area contributed by atoms with Crippen molar-refractivity contribution < 1.29 is 17.5 Å². The van der Waals surface area contributed by atoms with Crippen LogP contribution in [0.2, 0.25) is 0 Å². The van der Waals surface area contributed by atoms with Crippen LogP contribution >= 0.6 is 0 Å². The van der Waals surface area contributed by atoms with Crippen molar-refractivity contribution in [2.24, 2.45) is 5.73 Å². The Labute approximate surface area is 106 Å². The Morgan fingerprint density at radius 3 is 2.78 bits per heavy atom. The lowest BCUT2D eigenvalue weighted by atomic mass is 10.1. The molecular formula is C12H16FNO3S. The first-order valence-corrected chi connectivity index (χ1v) is 7.61. The molecule has 100 valence electrons. The number of nitrogens with two attached hydrogens (primary N) is 1. The van der Waals surface area contributed by atoms with Gasteiger partial charge in [-0.3, -0.25) is 0 Å². The highest BCUT2D eigenvalue weighted by Gasteiger charge is 2.30. The molecule has 1 fully saturated rings. The van der Waals surface area contributed by atoms with E-state index in [2.05, 4.69) is 0 Å². The van der Waals surface area contributed by atoms with Crippen molar-refractivity contribution in [3.63, 3.8) is 0 Å². The summed E-state index contributed by atoms with van der Waals surface area (Å²) in [6, 6.07) is 3.74. The maximum Gasteiger partial charge on any atom is 0.154 e. The molecule has 0 bridgehead atoms. The molecule has 18 heavy (non-hydrogen) atoms. The molecule has 6 heteroatoms. The summed E-state index contributed by atoms with van der Waals surface area (Å²) < 4.78 is 41.4. The fraction of sp³-hybridized carbons (Fsp3) is 0.500. The molecule has 0 aromatic heterocycles. The highest BCUT2D eigenvalue weighted by atomic mass is 32.2. The number of sulfone groups is 1. The van der Waals surface area contributed by atoms with E-state index in [9.17, 15) is 12.8 Å². The van der Waals surface area contributed by atoms with Crippen LogP contribution in [0.25, 0.3) is 0 Å². The molecule has 0 radical (unpaired) electrons.